The van der Waals surface area contributed by atoms with Gasteiger partial charge in [-0.2, -0.15) is 0 Å². The molecule has 1 amide bonds. The zero-order valence-corrected chi connectivity index (χ0v) is 13.0. The van der Waals surface area contributed by atoms with Crippen LogP contribution in [0.1, 0.15) is 16.1 Å². The van der Waals surface area contributed by atoms with Crippen LogP contribution in [-0.2, 0) is 11.2 Å². The molecule has 0 saturated carbocycles. The number of amides is 1. The fourth-order valence-electron chi connectivity index (χ4n) is 1.58. The van der Waals surface area contributed by atoms with Crippen molar-refractivity contribution in [3.63, 3.8) is 0 Å². The lowest BCUT2D eigenvalue weighted by atomic mass is 10.1. The van der Waals surface area contributed by atoms with E-state index in [2.05, 4.69) is 52.0 Å². The Morgan fingerprint density at radius 3 is 2.60 bits per heavy atom. The van der Waals surface area contributed by atoms with E-state index in [1.165, 1.54) is 22.5 Å². The SMILES string of the molecule is CNCC(=O)Nc1nnc(Cc2ccc(C)cc2)s1.Cl. The van der Waals surface area contributed by atoms with Gasteiger partial charge in [-0.15, -0.1) is 22.6 Å². The van der Waals surface area contributed by atoms with Gasteiger partial charge in [-0.3, -0.25) is 10.1 Å². The van der Waals surface area contributed by atoms with Crippen LogP contribution in [0, 0.1) is 6.92 Å². The standard InChI is InChI=1S/C13H16N4OS.ClH/c1-9-3-5-10(6-4-9)7-12-16-17-13(19-12)15-11(18)8-14-2;/h3-6,14H,7-8H2,1-2H3,(H,15,17,18);1H. The Bertz CT molecular complexity index is 556. The summed E-state index contributed by atoms with van der Waals surface area (Å²) in [6.45, 7) is 2.33. The molecule has 0 aliphatic carbocycles. The van der Waals surface area contributed by atoms with Gasteiger partial charge in [0.2, 0.25) is 11.0 Å². The lowest BCUT2D eigenvalue weighted by molar-refractivity contribution is -0.115. The van der Waals surface area contributed by atoms with Crippen molar-refractivity contribution in [3.05, 3.63) is 40.4 Å². The van der Waals surface area contributed by atoms with Crippen LogP contribution in [0.15, 0.2) is 24.3 Å². The van der Waals surface area contributed by atoms with E-state index in [1.807, 2.05) is 0 Å². The molecule has 0 unspecified atom stereocenters. The van der Waals surface area contributed by atoms with E-state index in [9.17, 15) is 4.79 Å². The van der Waals surface area contributed by atoms with E-state index >= 15 is 0 Å². The second-order valence-electron chi connectivity index (χ2n) is 4.24. The highest BCUT2D eigenvalue weighted by molar-refractivity contribution is 7.15. The molecule has 2 aromatic rings. The molecule has 1 aromatic carbocycles. The molecule has 1 heterocycles. The van der Waals surface area contributed by atoms with Gasteiger partial charge >= 0.3 is 0 Å². The molecule has 0 spiro atoms. The van der Waals surface area contributed by atoms with E-state index in [0.717, 1.165) is 11.4 Å². The van der Waals surface area contributed by atoms with Crippen LogP contribution in [-0.4, -0.2) is 29.7 Å². The van der Waals surface area contributed by atoms with Gasteiger partial charge in [-0.1, -0.05) is 41.2 Å². The normalized spacial score (nSPS) is 9.90. The maximum absolute atomic E-state index is 11.4. The minimum atomic E-state index is -0.111. The maximum Gasteiger partial charge on any atom is 0.240 e. The van der Waals surface area contributed by atoms with E-state index in [0.29, 0.717) is 5.13 Å². The molecule has 2 N–H and O–H groups in total. The number of aromatic nitrogens is 2. The molecular formula is C13H17ClN4OS. The molecule has 0 aliphatic heterocycles. The minimum absolute atomic E-state index is 0. The number of nitrogens with zero attached hydrogens (tertiary/aromatic N) is 2. The molecule has 7 heteroatoms. The first kappa shape index (κ1) is 16.6. The summed E-state index contributed by atoms with van der Waals surface area (Å²) in [6.07, 6.45) is 0.736. The van der Waals surface area contributed by atoms with Crippen molar-refractivity contribution in [2.24, 2.45) is 0 Å². The Morgan fingerprint density at radius 1 is 1.25 bits per heavy atom. The van der Waals surface area contributed by atoms with E-state index in [4.69, 9.17) is 0 Å². The van der Waals surface area contributed by atoms with Gasteiger partial charge in [0.05, 0.1) is 6.54 Å². The number of anilines is 1. The third-order valence-corrected chi connectivity index (χ3v) is 3.37. The molecular weight excluding hydrogens is 296 g/mol. The van der Waals surface area contributed by atoms with Gasteiger partial charge in [0.15, 0.2) is 0 Å². The summed E-state index contributed by atoms with van der Waals surface area (Å²) < 4.78 is 0. The highest BCUT2D eigenvalue weighted by Gasteiger charge is 2.07. The van der Waals surface area contributed by atoms with Crippen molar-refractivity contribution in [2.75, 3.05) is 18.9 Å². The number of likely N-dealkylation sites (N-methyl/N-ethyl adjacent to an activating group) is 1. The Balaban J connectivity index is 0.00000200. The number of aryl methyl sites for hydroxylation is 1. The van der Waals surface area contributed by atoms with Crippen molar-refractivity contribution in [3.8, 4) is 0 Å². The van der Waals surface area contributed by atoms with Crippen molar-refractivity contribution in [2.45, 2.75) is 13.3 Å². The molecule has 0 saturated heterocycles. The molecule has 20 heavy (non-hydrogen) atoms. The molecule has 0 aliphatic rings. The van der Waals surface area contributed by atoms with Crippen LogP contribution in [0.2, 0.25) is 0 Å². The Morgan fingerprint density at radius 2 is 1.95 bits per heavy atom. The molecule has 0 atom stereocenters. The number of carbonyl (C=O) groups is 1. The van der Waals surface area contributed by atoms with Crippen LogP contribution in [0.4, 0.5) is 5.13 Å². The number of benzene rings is 1. The lowest BCUT2D eigenvalue weighted by Gasteiger charge is -1.99. The first-order chi connectivity index (χ1) is 9.17. The second-order valence-corrected chi connectivity index (χ2v) is 5.30. The topological polar surface area (TPSA) is 66.9 Å². The number of halogens is 1. The van der Waals surface area contributed by atoms with E-state index < -0.39 is 0 Å². The van der Waals surface area contributed by atoms with E-state index in [1.54, 1.807) is 7.05 Å². The zero-order valence-electron chi connectivity index (χ0n) is 11.3. The summed E-state index contributed by atoms with van der Waals surface area (Å²) in [7, 11) is 1.72. The van der Waals surface area contributed by atoms with Crippen molar-refractivity contribution in [1.82, 2.24) is 15.5 Å². The van der Waals surface area contributed by atoms with Crippen LogP contribution in [0.25, 0.3) is 0 Å². The molecule has 0 bridgehead atoms. The first-order valence-electron chi connectivity index (χ1n) is 6.00. The smallest absolute Gasteiger partial charge is 0.240 e. The molecule has 5 nitrogen and oxygen atoms in total. The summed E-state index contributed by atoms with van der Waals surface area (Å²) >= 11 is 1.40. The fourth-order valence-corrected chi connectivity index (χ4v) is 2.37. The summed E-state index contributed by atoms with van der Waals surface area (Å²) in [4.78, 5) is 11.4. The van der Waals surface area contributed by atoms with Gasteiger partial charge in [-0.25, -0.2) is 0 Å². The third-order valence-electron chi connectivity index (χ3n) is 2.53. The minimum Gasteiger partial charge on any atom is -0.311 e. The number of nitrogens with one attached hydrogen (secondary N) is 2. The number of hydrogen-bond acceptors (Lipinski definition) is 5. The van der Waals surface area contributed by atoms with Gasteiger partial charge in [-0.05, 0) is 19.5 Å². The number of hydrogen-bond donors (Lipinski definition) is 2. The van der Waals surface area contributed by atoms with Crippen LogP contribution >= 0.6 is 23.7 Å². The molecule has 0 radical (unpaired) electrons. The Labute approximate surface area is 128 Å². The summed E-state index contributed by atoms with van der Waals surface area (Å²) in [5, 5.41) is 15.0. The van der Waals surface area contributed by atoms with Crippen LogP contribution < -0.4 is 10.6 Å². The monoisotopic (exact) mass is 312 g/mol. The zero-order chi connectivity index (χ0) is 13.7. The Kier molecular flexibility index (Phi) is 6.57. The van der Waals surface area contributed by atoms with Crippen molar-refractivity contribution >= 4 is 34.8 Å². The van der Waals surface area contributed by atoms with Crippen molar-refractivity contribution in [1.29, 1.82) is 0 Å². The average Bonchev–Trinajstić information content (AvgIpc) is 2.80. The summed E-state index contributed by atoms with van der Waals surface area (Å²) in [5.41, 5.74) is 2.43. The third kappa shape index (κ3) is 4.88. The number of rotatable bonds is 5. The van der Waals surface area contributed by atoms with Crippen LogP contribution in [0.3, 0.4) is 0 Å². The molecule has 2 rings (SSSR count). The highest BCUT2D eigenvalue weighted by Crippen LogP contribution is 2.18. The largest absolute Gasteiger partial charge is 0.311 e. The summed E-state index contributed by atoms with van der Waals surface area (Å²) in [5.74, 6) is -0.111. The highest BCUT2D eigenvalue weighted by atomic mass is 35.5. The van der Waals surface area contributed by atoms with E-state index in [-0.39, 0.29) is 24.9 Å². The van der Waals surface area contributed by atoms with Crippen LogP contribution in [0.5, 0.6) is 0 Å². The van der Waals surface area contributed by atoms with Gasteiger partial charge < -0.3 is 5.32 Å². The molecule has 1 aromatic heterocycles. The van der Waals surface area contributed by atoms with Gasteiger partial charge in [0, 0.05) is 6.42 Å². The molecule has 108 valence electrons. The van der Waals surface area contributed by atoms with Gasteiger partial charge in [0.25, 0.3) is 0 Å². The average molecular weight is 313 g/mol. The van der Waals surface area contributed by atoms with Crippen molar-refractivity contribution < 1.29 is 4.79 Å². The quantitative estimate of drug-likeness (QED) is 0.886. The maximum atomic E-state index is 11.4. The predicted octanol–water partition coefficient (Wildman–Crippen LogP) is 2.02. The fraction of sp³-hybridized carbons (Fsp3) is 0.308. The van der Waals surface area contributed by atoms with Gasteiger partial charge in [0.1, 0.15) is 5.01 Å². The predicted molar refractivity (Wildman–Crippen MR) is 83.7 cm³/mol. The second kappa shape index (κ2) is 7.94. The lowest BCUT2D eigenvalue weighted by Crippen LogP contribution is -2.24. The number of carbonyl (C=O) groups excluding carboxylic acids is 1. The molecule has 0 fully saturated rings. The summed E-state index contributed by atoms with van der Waals surface area (Å²) in [6, 6.07) is 8.31. The first-order valence-corrected chi connectivity index (χ1v) is 6.81. The Hall–Kier alpha value is -1.50.